The van der Waals surface area contributed by atoms with Crippen LogP contribution < -0.4 is 0 Å². The number of ether oxygens (including phenoxy) is 1. The third kappa shape index (κ3) is 2.05. The second-order valence-electron chi connectivity index (χ2n) is 4.59. The van der Waals surface area contributed by atoms with E-state index in [4.69, 9.17) is 4.74 Å². The SMILES string of the molecule is OC1(C2CCCCC2)CCCOC1. The van der Waals surface area contributed by atoms with Crippen molar-refractivity contribution in [1.82, 2.24) is 0 Å². The first-order valence-electron chi connectivity index (χ1n) is 5.61. The Kier molecular flexibility index (Phi) is 2.89. The predicted molar refractivity (Wildman–Crippen MR) is 51.6 cm³/mol. The highest BCUT2D eigenvalue weighted by molar-refractivity contribution is 4.89. The van der Waals surface area contributed by atoms with Crippen LogP contribution in [0.2, 0.25) is 0 Å². The van der Waals surface area contributed by atoms with E-state index in [-0.39, 0.29) is 0 Å². The van der Waals surface area contributed by atoms with Crippen LogP contribution in [-0.2, 0) is 4.74 Å². The van der Waals surface area contributed by atoms with E-state index in [0.717, 1.165) is 19.4 Å². The molecule has 0 bridgehead atoms. The van der Waals surface area contributed by atoms with Crippen molar-refractivity contribution in [2.75, 3.05) is 13.2 Å². The Morgan fingerprint density at radius 2 is 1.85 bits per heavy atom. The van der Waals surface area contributed by atoms with Crippen molar-refractivity contribution in [3.05, 3.63) is 0 Å². The van der Waals surface area contributed by atoms with Gasteiger partial charge >= 0.3 is 0 Å². The maximum Gasteiger partial charge on any atom is 0.0908 e. The average Bonchev–Trinajstić information content (AvgIpc) is 2.20. The van der Waals surface area contributed by atoms with Crippen LogP contribution in [0, 0.1) is 5.92 Å². The molecule has 2 nitrogen and oxygen atoms in total. The van der Waals surface area contributed by atoms with Gasteiger partial charge in [-0.1, -0.05) is 19.3 Å². The van der Waals surface area contributed by atoms with Crippen LogP contribution in [-0.4, -0.2) is 23.9 Å². The zero-order chi connectivity index (χ0) is 9.15. The van der Waals surface area contributed by atoms with Crippen molar-refractivity contribution in [2.24, 2.45) is 5.92 Å². The van der Waals surface area contributed by atoms with E-state index in [1.165, 1.54) is 32.1 Å². The molecule has 1 heterocycles. The molecule has 13 heavy (non-hydrogen) atoms. The Morgan fingerprint density at radius 3 is 2.46 bits per heavy atom. The molecule has 2 fully saturated rings. The van der Waals surface area contributed by atoms with E-state index in [1.807, 2.05) is 0 Å². The minimum Gasteiger partial charge on any atom is -0.387 e. The van der Waals surface area contributed by atoms with Crippen LogP contribution >= 0.6 is 0 Å². The molecule has 1 saturated carbocycles. The lowest BCUT2D eigenvalue weighted by Crippen LogP contribution is -2.46. The molecule has 0 amide bonds. The summed E-state index contributed by atoms with van der Waals surface area (Å²) in [5, 5.41) is 10.4. The van der Waals surface area contributed by atoms with Gasteiger partial charge in [0.1, 0.15) is 0 Å². The van der Waals surface area contributed by atoms with Gasteiger partial charge in [0.05, 0.1) is 12.2 Å². The van der Waals surface area contributed by atoms with Gasteiger partial charge in [-0.25, -0.2) is 0 Å². The molecule has 1 unspecified atom stereocenters. The van der Waals surface area contributed by atoms with Crippen molar-refractivity contribution in [3.63, 3.8) is 0 Å². The van der Waals surface area contributed by atoms with Gasteiger partial charge in [0.15, 0.2) is 0 Å². The fraction of sp³-hybridized carbons (Fsp3) is 1.00. The Balaban J connectivity index is 1.94. The van der Waals surface area contributed by atoms with Crippen molar-refractivity contribution in [2.45, 2.75) is 50.5 Å². The Morgan fingerprint density at radius 1 is 1.08 bits per heavy atom. The summed E-state index contributed by atoms with van der Waals surface area (Å²) >= 11 is 0. The molecule has 1 N–H and O–H groups in total. The van der Waals surface area contributed by atoms with Gasteiger partial charge in [-0.3, -0.25) is 0 Å². The van der Waals surface area contributed by atoms with E-state index in [2.05, 4.69) is 0 Å². The van der Waals surface area contributed by atoms with Gasteiger partial charge in [-0.2, -0.15) is 0 Å². The second-order valence-corrected chi connectivity index (χ2v) is 4.59. The maximum atomic E-state index is 10.4. The summed E-state index contributed by atoms with van der Waals surface area (Å²) in [4.78, 5) is 0. The first-order chi connectivity index (χ1) is 6.31. The van der Waals surface area contributed by atoms with Crippen LogP contribution in [0.3, 0.4) is 0 Å². The molecule has 0 aromatic rings. The smallest absolute Gasteiger partial charge is 0.0908 e. The molecule has 76 valence electrons. The molecular weight excluding hydrogens is 164 g/mol. The summed E-state index contributed by atoms with van der Waals surface area (Å²) in [5.74, 6) is 0.515. The highest BCUT2D eigenvalue weighted by atomic mass is 16.5. The minimum absolute atomic E-state index is 0.474. The topological polar surface area (TPSA) is 29.5 Å². The fourth-order valence-electron chi connectivity index (χ4n) is 2.76. The Hall–Kier alpha value is -0.0800. The highest BCUT2D eigenvalue weighted by Gasteiger charge is 2.38. The lowest BCUT2D eigenvalue weighted by Gasteiger charge is -2.40. The molecule has 2 heteroatoms. The molecule has 2 aliphatic rings. The minimum atomic E-state index is -0.474. The molecule has 1 aliphatic heterocycles. The van der Waals surface area contributed by atoms with Crippen LogP contribution in [0.1, 0.15) is 44.9 Å². The van der Waals surface area contributed by atoms with Crippen LogP contribution in [0.25, 0.3) is 0 Å². The van der Waals surface area contributed by atoms with Crippen LogP contribution in [0.4, 0.5) is 0 Å². The Labute approximate surface area is 80.3 Å². The molecule has 0 spiro atoms. The molecule has 1 atom stereocenters. The van der Waals surface area contributed by atoms with E-state index >= 15 is 0 Å². The average molecular weight is 184 g/mol. The number of aliphatic hydroxyl groups is 1. The quantitative estimate of drug-likeness (QED) is 0.676. The predicted octanol–water partition coefficient (Wildman–Crippen LogP) is 2.11. The second kappa shape index (κ2) is 3.97. The van der Waals surface area contributed by atoms with Gasteiger partial charge in [0.25, 0.3) is 0 Å². The summed E-state index contributed by atoms with van der Waals surface area (Å²) in [6, 6.07) is 0. The van der Waals surface area contributed by atoms with E-state index < -0.39 is 5.60 Å². The summed E-state index contributed by atoms with van der Waals surface area (Å²) < 4.78 is 5.39. The third-order valence-corrected chi connectivity index (χ3v) is 3.62. The zero-order valence-corrected chi connectivity index (χ0v) is 8.30. The normalized spacial score (nSPS) is 37.6. The van der Waals surface area contributed by atoms with Gasteiger partial charge in [0.2, 0.25) is 0 Å². The summed E-state index contributed by atoms with van der Waals surface area (Å²) in [6.07, 6.45) is 8.36. The monoisotopic (exact) mass is 184 g/mol. The van der Waals surface area contributed by atoms with Crippen molar-refractivity contribution in [3.8, 4) is 0 Å². The van der Waals surface area contributed by atoms with Crippen molar-refractivity contribution < 1.29 is 9.84 Å². The van der Waals surface area contributed by atoms with Gasteiger partial charge in [-0.05, 0) is 31.6 Å². The third-order valence-electron chi connectivity index (χ3n) is 3.62. The molecular formula is C11H20O2. The van der Waals surface area contributed by atoms with Crippen LogP contribution in [0.15, 0.2) is 0 Å². The Bertz CT molecular complexity index is 155. The van der Waals surface area contributed by atoms with E-state index in [0.29, 0.717) is 12.5 Å². The summed E-state index contributed by atoms with van der Waals surface area (Å²) in [7, 11) is 0. The largest absolute Gasteiger partial charge is 0.387 e. The number of hydrogen-bond donors (Lipinski definition) is 1. The van der Waals surface area contributed by atoms with Gasteiger partial charge < -0.3 is 9.84 Å². The summed E-state index contributed by atoms with van der Waals surface area (Å²) in [6.45, 7) is 1.42. The zero-order valence-electron chi connectivity index (χ0n) is 8.30. The first-order valence-corrected chi connectivity index (χ1v) is 5.61. The molecule has 2 rings (SSSR count). The van der Waals surface area contributed by atoms with Gasteiger partial charge in [0, 0.05) is 6.61 Å². The van der Waals surface area contributed by atoms with Crippen LogP contribution in [0.5, 0.6) is 0 Å². The molecule has 0 aromatic heterocycles. The standard InChI is InChI=1S/C11H20O2/c12-11(7-4-8-13-9-11)10-5-2-1-3-6-10/h10,12H,1-9H2. The lowest BCUT2D eigenvalue weighted by molar-refractivity contribution is -0.126. The van der Waals surface area contributed by atoms with E-state index in [1.54, 1.807) is 0 Å². The number of rotatable bonds is 1. The van der Waals surface area contributed by atoms with Crippen molar-refractivity contribution in [1.29, 1.82) is 0 Å². The molecule has 1 aliphatic carbocycles. The van der Waals surface area contributed by atoms with E-state index in [9.17, 15) is 5.11 Å². The summed E-state index contributed by atoms with van der Waals surface area (Å²) in [5.41, 5.74) is -0.474. The van der Waals surface area contributed by atoms with Gasteiger partial charge in [-0.15, -0.1) is 0 Å². The molecule has 0 aromatic carbocycles. The maximum absolute atomic E-state index is 10.4. The molecule has 1 saturated heterocycles. The lowest BCUT2D eigenvalue weighted by atomic mass is 9.74. The van der Waals surface area contributed by atoms with Crippen molar-refractivity contribution >= 4 is 0 Å². The highest BCUT2D eigenvalue weighted by Crippen LogP contribution is 2.37. The fourth-order valence-corrected chi connectivity index (χ4v) is 2.76. The first kappa shape index (κ1) is 9.47. The number of hydrogen-bond acceptors (Lipinski definition) is 2. The molecule has 0 radical (unpaired) electrons.